The summed E-state index contributed by atoms with van der Waals surface area (Å²) in [7, 11) is -6.96. The molecule has 1 amide bonds. The quantitative estimate of drug-likeness (QED) is 0.600. The molecule has 0 radical (unpaired) electrons. The Morgan fingerprint density at radius 2 is 2.18 bits per heavy atom. The van der Waals surface area contributed by atoms with Crippen LogP contribution in [0.15, 0.2) is 28.9 Å². The number of hydrogen-bond acceptors (Lipinski definition) is 8. The molecule has 2 aromatic rings. The zero-order valence-electron chi connectivity index (χ0n) is 14.9. The first kappa shape index (κ1) is 21.2. The van der Waals surface area contributed by atoms with Crippen molar-refractivity contribution in [1.82, 2.24) is 14.9 Å². The van der Waals surface area contributed by atoms with E-state index in [2.05, 4.69) is 9.97 Å². The number of carbonyl (C=O) groups is 1. The highest BCUT2D eigenvalue weighted by Gasteiger charge is 2.36. The standard InChI is InChI=1S/C16H18ClN3O5S3/c1-2-28(24,25)16-18-8-13(17)14(19-16)15(21)20(9-12-4-3-6-26-12)11-5-7-27(22,23)10-11/h3-4,6,8,11H,2,5,7,9-10H2,1H3. The van der Waals surface area contributed by atoms with E-state index in [9.17, 15) is 21.6 Å². The van der Waals surface area contributed by atoms with Gasteiger partial charge in [-0.05, 0) is 17.9 Å². The fourth-order valence-corrected chi connectivity index (χ4v) is 6.18. The maximum atomic E-state index is 13.2. The van der Waals surface area contributed by atoms with E-state index in [1.807, 2.05) is 17.5 Å². The SMILES string of the molecule is CCS(=O)(=O)c1ncc(Cl)c(C(=O)N(Cc2cccs2)C2CCS(=O)(=O)C2)n1. The Morgan fingerprint density at radius 1 is 1.43 bits per heavy atom. The van der Waals surface area contributed by atoms with Gasteiger partial charge in [0.2, 0.25) is 15.0 Å². The monoisotopic (exact) mass is 463 g/mol. The molecular weight excluding hydrogens is 446 g/mol. The molecule has 1 aliphatic heterocycles. The molecule has 0 aliphatic carbocycles. The van der Waals surface area contributed by atoms with Gasteiger partial charge in [0.05, 0.1) is 35.0 Å². The van der Waals surface area contributed by atoms with Gasteiger partial charge in [0.1, 0.15) is 0 Å². The van der Waals surface area contributed by atoms with Crippen molar-refractivity contribution >= 4 is 48.5 Å². The number of carbonyl (C=O) groups excluding carboxylic acids is 1. The highest BCUT2D eigenvalue weighted by atomic mass is 35.5. The van der Waals surface area contributed by atoms with Gasteiger partial charge in [0, 0.05) is 10.9 Å². The Morgan fingerprint density at radius 3 is 2.75 bits per heavy atom. The number of hydrogen-bond donors (Lipinski definition) is 0. The summed E-state index contributed by atoms with van der Waals surface area (Å²) < 4.78 is 48.0. The minimum absolute atomic E-state index is 0.00113. The molecule has 3 heterocycles. The Kier molecular flexibility index (Phi) is 6.08. The lowest BCUT2D eigenvalue weighted by atomic mass is 10.2. The maximum absolute atomic E-state index is 13.2. The summed E-state index contributed by atoms with van der Waals surface area (Å²) in [4.78, 5) is 23.1. The second kappa shape index (κ2) is 8.05. The van der Waals surface area contributed by atoms with Gasteiger partial charge in [0.15, 0.2) is 15.5 Å². The van der Waals surface area contributed by atoms with Crippen LogP contribution >= 0.6 is 22.9 Å². The second-order valence-corrected chi connectivity index (χ2v) is 12.2. The van der Waals surface area contributed by atoms with Crippen LogP contribution in [-0.4, -0.2) is 60.9 Å². The molecule has 28 heavy (non-hydrogen) atoms. The molecule has 0 spiro atoms. The molecule has 0 saturated carbocycles. The zero-order valence-corrected chi connectivity index (χ0v) is 18.1. The average Bonchev–Trinajstić information content (AvgIpc) is 3.28. The van der Waals surface area contributed by atoms with Crippen LogP contribution in [0.1, 0.15) is 28.7 Å². The summed E-state index contributed by atoms with van der Waals surface area (Å²) in [6, 6.07) is 3.14. The van der Waals surface area contributed by atoms with Gasteiger partial charge in [-0.2, -0.15) is 0 Å². The maximum Gasteiger partial charge on any atom is 0.274 e. The minimum atomic E-state index is -3.73. The van der Waals surface area contributed by atoms with Gasteiger partial charge in [-0.15, -0.1) is 11.3 Å². The summed E-state index contributed by atoms with van der Waals surface area (Å²) >= 11 is 7.52. The van der Waals surface area contributed by atoms with Crippen molar-refractivity contribution < 1.29 is 21.6 Å². The first-order chi connectivity index (χ1) is 13.1. The van der Waals surface area contributed by atoms with Crippen LogP contribution in [0.25, 0.3) is 0 Å². The third-order valence-corrected chi connectivity index (χ3v) is 8.80. The Hall–Kier alpha value is -1.56. The summed E-state index contributed by atoms with van der Waals surface area (Å²) in [6.45, 7) is 1.63. The van der Waals surface area contributed by atoms with Crippen molar-refractivity contribution in [3.63, 3.8) is 0 Å². The lowest BCUT2D eigenvalue weighted by Gasteiger charge is -2.28. The zero-order chi connectivity index (χ0) is 20.5. The average molecular weight is 464 g/mol. The Labute approximate surface area is 172 Å². The number of amides is 1. The summed E-state index contributed by atoms with van der Waals surface area (Å²) in [5.74, 6) is -0.983. The molecule has 3 rings (SSSR count). The van der Waals surface area contributed by atoms with Crippen LogP contribution in [0.5, 0.6) is 0 Å². The molecule has 0 bridgehead atoms. The molecule has 1 unspecified atom stereocenters. The van der Waals surface area contributed by atoms with E-state index in [1.54, 1.807) is 0 Å². The third-order valence-electron chi connectivity index (χ3n) is 4.40. The van der Waals surface area contributed by atoms with Gasteiger partial charge < -0.3 is 4.90 Å². The highest BCUT2D eigenvalue weighted by Crippen LogP contribution is 2.25. The van der Waals surface area contributed by atoms with Crippen LogP contribution in [0.2, 0.25) is 5.02 Å². The molecule has 2 aromatic heterocycles. The van der Waals surface area contributed by atoms with E-state index in [4.69, 9.17) is 11.6 Å². The molecule has 1 fully saturated rings. The van der Waals surface area contributed by atoms with Gasteiger partial charge in [-0.1, -0.05) is 24.6 Å². The van der Waals surface area contributed by atoms with E-state index in [0.29, 0.717) is 6.42 Å². The van der Waals surface area contributed by atoms with Crippen molar-refractivity contribution in [2.45, 2.75) is 31.1 Å². The molecule has 1 aliphatic rings. The van der Waals surface area contributed by atoms with E-state index in [-0.39, 0.29) is 34.5 Å². The normalized spacial score (nSPS) is 18.9. The van der Waals surface area contributed by atoms with Crippen molar-refractivity contribution in [3.05, 3.63) is 39.3 Å². The van der Waals surface area contributed by atoms with Crippen LogP contribution in [0.3, 0.4) is 0 Å². The Bertz CT molecular complexity index is 1080. The predicted molar refractivity (Wildman–Crippen MR) is 106 cm³/mol. The summed E-state index contributed by atoms with van der Waals surface area (Å²) in [5, 5.41) is 1.29. The first-order valence-electron chi connectivity index (χ1n) is 8.42. The fraction of sp³-hybridized carbons (Fsp3) is 0.438. The van der Waals surface area contributed by atoms with Crippen molar-refractivity contribution in [1.29, 1.82) is 0 Å². The smallest absolute Gasteiger partial charge is 0.274 e. The topological polar surface area (TPSA) is 114 Å². The predicted octanol–water partition coefficient (Wildman–Crippen LogP) is 1.81. The number of sulfone groups is 2. The van der Waals surface area contributed by atoms with Crippen LogP contribution in [-0.2, 0) is 26.2 Å². The summed E-state index contributed by atoms with van der Waals surface area (Å²) in [6.07, 6.45) is 1.39. The van der Waals surface area contributed by atoms with E-state index < -0.39 is 36.8 Å². The lowest BCUT2D eigenvalue weighted by molar-refractivity contribution is 0.0676. The van der Waals surface area contributed by atoms with Crippen molar-refractivity contribution in [2.24, 2.45) is 0 Å². The molecule has 1 atom stereocenters. The number of rotatable bonds is 6. The van der Waals surface area contributed by atoms with Gasteiger partial charge in [-0.3, -0.25) is 4.79 Å². The lowest BCUT2D eigenvalue weighted by Crippen LogP contribution is -2.41. The highest BCUT2D eigenvalue weighted by molar-refractivity contribution is 7.91. The molecule has 12 heteroatoms. The number of halogens is 1. The first-order valence-corrected chi connectivity index (χ1v) is 13.1. The largest absolute Gasteiger partial charge is 0.328 e. The van der Waals surface area contributed by atoms with Crippen LogP contribution in [0.4, 0.5) is 0 Å². The van der Waals surface area contributed by atoms with Crippen molar-refractivity contribution in [2.75, 3.05) is 17.3 Å². The number of aromatic nitrogens is 2. The number of thiophene rings is 1. The molecule has 0 N–H and O–H groups in total. The van der Waals surface area contributed by atoms with Gasteiger partial charge in [-0.25, -0.2) is 26.8 Å². The summed E-state index contributed by atoms with van der Waals surface area (Å²) in [5.41, 5.74) is -0.246. The second-order valence-electron chi connectivity index (χ2n) is 6.32. The van der Waals surface area contributed by atoms with Crippen LogP contribution < -0.4 is 0 Å². The van der Waals surface area contributed by atoms with Crippen LogP contribution in [0, 0.1) is 0 Å². The van der Waals surface area contributed by atoms with E-state index in [1.165, 1.54) is 23.2 Å². The van der Waals surface area contributed by atoms with Gasteiger partial charge in [0.25, 0.3) is 5.91 Å². The van der Waals surface area contributed by atoms with E-state index in [0.717, 1.165) is 11.1 Å². The van der Waals surface area contributed by atoms with Crippen molar-refractivity contribution in [3.8, 4) is 0 Å². The molecule has 1 saturated heterocycles. The molecular formula is C16H18ClN3O5S3. The molecule has 152 valence electrons. The number of nitrogens with zero attached hydrogens (tertiary/aromatic N) is 3. The Balaban J connectivity index is 2.00. The van der Waals surface area contributed by atoms with Gasteiger partial charge >= 0.3 is 0 Å². The van der Waals surface area contributed by atoms with E-state index >= 15 is 0 Å². The minimum Gasteiger partial charge on any atom is -0.328 e. The third kappa shape index (κ3) is 4.53. The molecule has 0 aromatic carbocycles. The fourth-order valence-electron chi connectivity index (χ4n) is 2.87. The molecule has 8 nitrogen and oxygen atoms in total.